The van der Waals surface area contributed by atoms with Crippen LogP contribution in [0.5, 0.6) is 0 Å². The van der Waals surface area contributed by atoms with E-state index in [0.717, 1.165) is 19.3 Å². The zero-order valence-electron chi connectivity index (χ0n) is 12.0. The summed E-state index contributed by atoms with van der Waals surface area (Å²) >= 11 is 0. The van der Waals surface area contributed by atoms with Crippen molar-refractivity contribution in [2.45, 2.75) is 43.2 Å². The normalized spacial score (nSPS) is 21.9. The van der Waals surface area contributed by atoms with Crippen LogP contribution in [0.25, 0.3) is 0 Å². The van der Waals surface area contributed by atoms with Crippen LogP contribution >= 0.6 is 0 Å². The molecule has 1 amide bonds. The summed E-state index contributed by atoms with van der Waals surface area (Å²) in [6.45, 7) is 2.31. The molecule has 0 saturated carbocycles. The van der Waals surface area contributed by atoms with Gasteiger partial charge in [0, 0.05) is 24.2 Å². The molecule has 21 heavy (non-hydrogen) atoms. The smallest absolute Gasteiger partial charge is 0.248 e. The highest BCUT2D eigenvalue weighted by Crippen LogP contribution is 2.26. The van der Waals surface area contributed by atoms with Crippen LogP contribution in [0.1, 0.15) is 36.5 Å². The Hall–Kier alpha value is -1.44. The molecule has 1 aliphatic rings. The van der Waals surface area contributed by atoms with Crippen molar-refractivity contribution in [2.75, 3.05) is 6.54 Å². The maximum atomic E-state index is 12.7. The average Bonchev–Trinajstić information content (AvgIpc) is 2.47. The average molecular weight is 311 g/mol. The van der Waals surface area contributed by atoms with E-state index in [4.69, 9.17) is 11.5 Å². The maximum Gasteiger partial charge on any atom is 0.248 e. The Kier molecular flexibility index (Phi) is 4.65. The first-order chi connectivity index (χ1) is 9.84. The van der Waals surface area contributed by atoms with Gasteiger partial charge >= 0.3 is 0 Å². The minimum atomic E-state index is -3.60. The molecule has 0 aliphatic carbocycles. The van der Waals surface area contributed by atoms with E-state index in [1.807, 2.05) is 6.92 Å². The molecule has 0 aromatic heterocycles. The maximum absolute atomic E-state index is 12.7. The number of sulfonamides is 1. The number of amides is 1. The molecule has 1 heterocycles. The second kappa shape index (κ2) is 6.13. The zero-order chi connectivity index (χ0) is 15.6. The number of nitrogens with two attached hydrogens (primary N) is 2. The molecule has 7 heteroatoms. The molecule has 1 saturated heterocycles. The van der Waals surface area contributed by atoms with Gasteiger partial charge < -0.3 is 11.5 Å². The lowest BCUT2D eigenvalue weighted by molar-refractivity contribution is 0.1000. The lowest BCUT2D eigenvalue weighted by Crippen LogP contribution is -2.51. The molecular weight excluding hydrogens is 290 g/mol. The van der Waals surface area contributed by atoms with Gasteiger partial charge in [-0.05, 0) is 44.0 Å². The fourth-order valence-corrected chi connectivity index (χ4v) is 4.46. The van der Waals surface area contributed by atoms with Gasteiger partial charge in [0.15, 0.2) is 0 Å². The van der Waals surface area contributed by atoms with Crippen LogP contribution < -0.4 is 11.5 Å². The number of hydrogen-bond acceptors (Lipinski definition) is 4. The second-order valence-electron chi connectivity index (χ2n) is 5.43. The SMILES string of the molecule is C[C@H](N)[C@@H]1CCCCN1S(=O)(=O)c1ccc(C(N)=O)cc1. The Balaban J connectivity index is 2.33. The Bertz CT molecular complexity index is 611. The van der Waals surface area contributed by atoms with Crippen molar-refractivity contribution in [2.24, 2.45) is 11.5 Å². The van der Waals surface area contributed by atoms with E-state index in [-0.39, 0.29) is 22.5 Å². The number of primary amides is 1. The van der Waals surface area contributed by atoms with Crippen LogP contribution in [-0.4, -0.2) is 37.3 Å². The third kappa shape index (κ3) is 3.25. The van der Waals surface area contributed by atoms with Crippen molar-refractivity contribution in [3.05, 3.63) is 29.8 Å². The first-order valence-electron chi connectivity index (χ1n) is 7.01. The van der Waals surface area contributed by atoms with E-state index in [1.54, 1.807) is 0 Å². The number of carbonyl (C=O) groups excluding carboxylic acids is 1. The number of carbonyl (C=O) groups is 1. The van der Waals surface area contributed by atoms with E-state index in [0.29, 0.717) is 6.54 Å². The molecule has 1 fully saturated rings. The Labute approximate surface area is 125 Å². The van der Waals surface area contributed by atoms with Crippen LogP contribution in [0.4, 0.5) is 0 Å². The quantitative estimate of drug-likeness (QED) is 0.852. The summed E-state index contributed by atoms with van der Waals surface area (Å²) in [6, 6.07) is 5.30. The van der Waals surface area contributed by atoms with Gasteiger partial charge in [-0.25, -0.2) is 8.42 Å². The van der Waals surface area contributed by atoms with Crippen molar-refractivity contribution < 1.29 is 13.2 Å². The Morgan fingerprint density at radius 3 is 2.43 bits per heavy atom. The number of rotatable bonds is 4. The Morgan fingerprint density at radius 2 is 1.90 bits per heavy atom. The number of benzene rings is 1. The highest BCUT2D eigenvalue weighted by Gasteiger charge is 2.35. The van der Waals surface area contributed by atoms with Gasteiger partial charge in [0.1, 0.15) is 0 Å². The third-order valence-electron chi connectivity index (χ3n) is 3.85. The summed E-state index contributed by atoms with van der Waals surface area (Å²) in [4.78, 5) is 11.2. The Morgan fingerprint density at radius 1 is 1.29 bits per heavy atom. The molecule has 0 bridgehead atoms. The fourth-order valence-electron chi connectivity index (χ4n) is 2.68. The summed E-state index contributed by atoms with van der Waals surface area (Å²) in [7, 11) is -3.60. The summed E-state index contributed by atoms with van der Waals surface area (Å²) < 4.78 is 27.0. The molecule has 6 nitrogen and oxygen atoms in total. The number of hydrogen-bond donors (Lipinski definition) is 2. The van der Waals surface area contributed by atoms with Gasteiger partial charge in [-0.2, -0.15) is 4.31 Å². The molecule has 0 unspecified atom stereocenters. The second-order valence-corrected chi connectivity index (χ2v) is 7.32. The number of nitrogens with zero attached hydrogens (tertiary/aromatic N) is 1. The van der Waals surface area contributed by atoms with E-state index in [2.05, 4.69) is 0 Å². The van der Waals surface area contributed by atoms with Crippen molar-refractivity contribution in [1.29, 1.82) is 0 Å². The van der Waals surface area contributed by atoms with Gasteiger partial charge in [-0.1, -0.05) is 6.42 Å². The highest BCUT2D eigenvalue weighted by atomic mass is 32.2. The predicted molar refractivity (Wildman–Crippen MR) is 80.1 cm³/mol. The van der Waals surface area contributed by atoms with E-state index in [1.165, 1.54) is 28.6 Å². The molecule has 2 atom stereocenters. The van der Waals surface area contributed by atoms with Crippen LogP contribution in [0.15, 0.2) is 29.2 Å². The van der Waals surface area contributed by atoms with Crippen molar-refractivity contribution >= 4 is 15.9 Å². The monoisotopic (exact) mass is 311 g/mol. The molecule has 0 spiro atoms. The van der Waals surface area contributed by atoms with Crippen LogP contribution in [-0.2, 0) is 10.0 Å². The molecule has 116 valence electrons. The molecule has 1 aromatic rings. The van der Waals surface area contributed by atoms with Crippen molar-refractivity contribution in [3.8, 4) is 0 Å². The molecule has 1 aromatic carbocycles. The van der Waals surface area contributed by atoms with Crippen molar-refractivity contribution in [1.82, 2.24) is 4.31 Å². The third-order valence-corrected chi connectivity index (χ3v) is 5.79. The summed E-state index contributed by atoms with van der Waals surface area (Å²) in [5.41, 5.74) is 11.4. The predicted octanol–water partition coefficient (Wildman–Crippen LogP) is 0.676. The standard InChI is InChI=1S/C14H21N3O3S/c1-10(15)13-4-2-3-9-17(13)21(19,20)12-7-5-11(6-8-12)14(16)18/h5-8,10,13H,2-4,9,15H2,1H3,(H2,16,18)/t10-,13-/m0/s1. The van der Waals surface area contributed by atoms with Gasteiger partial charge in [0.25, 0.3) is 0 Å². The number of piperidine rings is 1. The van der Waals surface area contributed by atoms with Gasteiger partial charge in [0.05, 0.1) is 4.90 Å². The molecule has 1 aliphatic heterocycles. The highest BCUT2D eigenvalue weighted by molar-refractivity contribution is 7.89. The fraction of sp³-hybridized carbons (Fsp3) is 0.500. The van der Waals surface area contributed by atoms with Crippen molar-refractivity contribution in [3.63, 3.8) is 0 Å². The molecule has 4 N–H and O–H groups in total. The summed E-state index contributed by atoms with van der Waals surface area (Å²) in [5, 5.41) is 0. The van der Waals surface area contributed by atoms with Gasteiger partial charge in [-0.15, -0.1) is 0 Å². The molecule has 0 radical (unpaired) electrons. The van der Waals surface area contributed by atoms with Crippen LogP contribution in [0.2, 0.25) is 0 Å². The van der Waals surface area contributed by atoms with Crippen LogP contribution in [0.3, 0.4) is 0 Å². The van der Waals surface area contributed by atoms with E-state index >= 15 is 0 Å². The minimum absolute atomic E-state index is 0.167. The lowest BCUT2D eigenvalue weighted by atomic mass is 10.00. The van der Waals surface area contributed by atoms with E-state index in [9.17, 15) is 13.2 Å². The molecule has 2 rings (SSSR count). The summed E-state index contributed by atoms with van der Waals surface area (Å²) in [5.74, 6) is -0.578. The van der Waals surface area contributed by atoms with Gasteiger partial charge in [0.2, 0.25) is 15.9 Å². The topological polar surface area (TPSA) is 106 Å². The zero-order valence-corrected chi connectivity index (χ0v) is 12.8. The van der Waals surface area contributed by atoms with Crippen LogP contribution in [0, 0.1) is 0 Å². The largest absolute Gasteiger partial charge is 0.366 e. The van der Waals surface area contributed by atoms with E-state index < -0.39 is 15.9 Å². The lowest BCUT2D eigenvalue weighted by Gasteiger charge is -2.36. The molecular formula is C14H21N3O3S. The first kappa shape index (κ1) is 15.9. The summed E-state index contributed by atoms with van der Waals surface area (Å²) in [6.07, 6.45) is 2.59. The first-order valence-corrected chi connectivity index (χ1v) is 8.45. The minimum Gasteiger partial charge on any atom is -0.366 e. The van der Waals surface area contributed by atoms with Gasteiger partial charge in [-0.3, -0.25) is 4.79 Å².